The van der Waals surface area contributed by atoms with Gasteiger partial charge in [0.05, 0.1) is 0 Å². The second-order valence-corrected chi connectivity index (χ2v) is 7.14. The second-order valence-electron chi connectivity index (χ2n) is 6.23. The Morgan fingerprint density at radius 3 is 2.81 bits per heavy atom. The van der Waals surface area contributed by atoms with Gasteiger partial charge in [-0.05, 0) is 55.0 Å². The van der Waals surface area contributed by atoms with Gasteiger partial charge in [0, 0.05) is 41.9 Å². The number of nitrogens with zero attached hydrogens (tertiary/aromatic N) is 3. The minimum atomic E-state index is 0.604. The van der Waals surface area contributed by atoms with Crippen molar-refractivity contribution in [3.63, 3.8) is 0 Å². The minimum Gasteiger partial charge on any atom is -0.354 e. The predicted octanol–water partition coefficient (Wildman–Crippen LogP) is 2.73. The zero-order valence-corrected chi connectivity index (χ0v) is 15.2. The van der Waals surface area contributed by atoms with Crippen molar-refractivity contribution in [2.75, 3.05) is 38.6 Å². The van der Waals surface area contributed by atoms with Crippen molar-refractivity contribution in [3.05, 3.63) is 22.3 Å². The SMILES string of the molecule is CCCNCc1cc(Br)cnc1N1CC(C)C(N(C)C)C1. The van der Waals surface area contributed by atoms with E-state index < -0.39 is 0 Å². The Hall–Kier alpha value is -0.650. The van der Waals surface area contributed by atoms with Crippen LogP contribution in [0.2, 0.25) is 0 Å². The number of pyridine rings is 1. The number of anilines is 1. The summed E-state index contributed by atoms with van der Waals surface area (Å²) in [4.78, 5) is 9.45. The van der Waals surface area contributed by atoms with Crippen LogP contribution in [-0.4, -0.2) is 49.7 Å². The van der Waals surface area contributed by atoms with E-state index in [4.69, 9.17) is 0 Å². The van der Waals surface area contributed by atoms with E-state index in [2.05, 4.69) is 70.0 Å². The first-order valence-electron chi connectivity index (χ1n) is 7.79. The highest BCUT2D eigenvalue weighted by molar-refractivity contribution is 9.10. The molecule has 1 aliphatic heterocycles. The number of aromatic nitrogens is 1. The molecule has 1 N–H and O–H groups in total. The van der Waals surface area contributed by atoms with E-state index in [1.807, 2.05) is 6.20 Å². The van der Waals surface area contributed by atoms with Gasteiger partial charge in [-0.1, -0.05) is 13.8 Å². The van der Waals surface area contributed by atoms with Crippen LogP contribution in [0.5, 0.6) is 0 Å². The van der Waals surface area contributed by atoms with E-state index >= 15 is 0 Å². The Morgan fingerprint density at radius 1 is 1.43 bits per heavy atom. The standard InChI is InChI=1S/C16H27BrN4/c1-5-6-18-8-13-7-14(17)9-19-16(13)21-10-12(2)15(11-21)20(3)4/h7,9,12,15,18H,5-6,8,10-11H2,1-4H3. The maximum atomic E-state index is 4.69. The van der Waals surface area contributed by atoms with E-state index in [1.54, 1.807) is 0 Å². The van der Waals surface area contributed by atoms with E-state index in [-0.39, 0.29) is 0 Å². The van der Waals surface area contributed by atoms with Gasteiger partial charge in [0.15, 0.2) is 0 Å². The van der Waals surface area contributed by atoms with Gasteiger partial charge in [0.25, 0.3) is 0 Å². The molecular weight excluding hydrogens is 328 g/mol. The molecule has 1 aliphatic rings. The monoisotopic (exact) mass is 354 g/mol. The third-order valence-electron chi connectivity index (χ3n) is 4.19. The summed E-state index contributed by atoms with van der Waals surface area (Å²) < 4.78 is 1.05. The Kier molecular flexibility index (Phi) is 6.02. The van der Waals surface area contributed by atoms with Crippen LogP contribution in [0.3, 0.4) is 0 Å². The lowest BCUT2D eigenvalue weighted by Gasteiger charge is -2.23. The fraction of sp³-hybridized carbons (Fsp3) is 0.688. The van der Waals surface area contributed by atoms with Gasteiger partial charge in [0.2, 0.25) is 0 Å². The van der Waals surface area contributed by atoms with Gasteiger partial charge in [0.1, 0.15) is 5.82 Å². The highest BCUT2D eigenvalue weighted by Crippen LogP contribution is 2.28. The first-order chi connectivity index (χ1) is 10.0. The summed E-state index contributed by atoms with van der Waals surface area (Å²) >= 11 is 3.54. The van der Waals surface area contributed by atoms with E-state index in [1.165, 1.54) is 5.56 Å². The fourth-order valence-corrected chi connectivity index (χ4v) is 3.46. The number of hydrogen-bond acceptors (Lipinski definition) is 4. The van der Waals surface area contributed by atoms with E-state index in [0.29, 0.717) is 12.0 Å². The first kappa shape index (κ1) is 16.7. The van der Waals surface area contributed by atoms with Gasteiger partial charge in [-0.25, -0.2) is 4.98 Å². The molecule has 1 aromatic rings. The molecule has 0 bridgehead atoms. The van der Waals surface area contributed by atoms with Gasteiger partial charge in [-0.3, -0.25) is 0 Å². The van der Waals surface area contributed by atoms with Crippen molar-refractivity contribution in [1.29, 1.82) is 0 Å². The fourth-order valence-electron chi connectivity index (χ4n) is 3.08. The quantitative estimate of drug-likeness (QED) is 0.796. The molecule has 2 unspecified atom stereocenters. The summed E-state index contributed by atoms with van der Waals surface area (Å²) in [6, 6.07) is 2.80. The minimum absolute atomic E-state index is 0.604. The topological polar surface area (TPSA) is 31.4 Å². The third-order valence-corrected chi connectivity index (χ3v) is 4.62. The van der Waals surface area contributed by atoms with E-state index in [9.17, 15) is 0 Å². The smallest absolute Gasteiger partial charge is 0.133 e. The molecule has 118 valence electrons. The van der Waals surface area contributed by atoms with Crippen molar-refractivity contribution < 1.29 is 0 Å². The molecule has 0 aromatic carbocycles. The molecule has 2 atom stereocenters. The number of hydrogen-bond donors (Lipinski definition) is 1. The second kappa shape index (κ2) is 7.56. The third kappa shape index (κ3) is 4.18. The molecule has 5 heteroatoms. The molecule has 0 spiro atoms. The van der Waals surface area contributed by atoms with Crippen LogP contribution in [0.1, 0.15) is 25.8 Å². The van der Waals surface area contributed by atoms with Gasteiger partial charge < -0.3 is 15.1 Å². The Labute approximate surface area is 137 Å². The number of rotatable bonds is 6. The molecule has 21 heavy (non-hydrogen) atoms. The molecule has 1 aromatic heterocycles. The van der Waals surface area contributed by atoms with Crippen LogP contribution >= 0.6 is 15.9 Å². The summed E-state index contributed by atoms with van der Waals surface area (Å²) in [6.45, 7) is 8.59. The predicted molar refractivity (Wildman–Crippen MR) is 92.8 cm³/mol. The van der Waals surface area contributed by atoms with Crippen LogP contribution < -0.4 is 10.2 Å². The van der Waals surface area contributed by atoms with Crippen LogP contribution in [0.25, 0.3) is 0 Å². The Balaban J connectivity index is 2.15. The van der Waals surface area contributed by atoms with Crippen molar-refractivity contribution in [2.24, 2.45) is 5.92 Å². The molecule has 1 fully saturated rings. The van der Waals surface area contributed by atoms with Crippen LogP contribution in [-0.2, 0) is 6.54 Å². The number of likely N-dealkylation sites (N-methyl/N-ethyl adjacent to an activating group) is 1. The normalized spacial score (nSPS) is 22.3. The van der Waals surface area contributed by atoms with Gasteiger partial charge in [-0.15, -0.1) is 0 Å². The summed E-state index contributed by atoms with van der Waals surface area (Å²) in [5, 5.41) is 3.49. The molecule has 2 heterocycles. The maximum absolute atomic E-state index is 4.69. The number of nitrogens with one attached hydrogen (secondary N) is 1. The van der Waals surface area contributed by atoms with E-state index in [0.717, 1.165) is 42.9 Å². The van der Waals surface area contributed by atoms with Crippen LogP contribution in [0, 0.1) is 5.92 Å². The lowest BCUT2D eigenvalue weighted by molar-refractivity contribution is 0.266. The zero-order valence-electron chi connectivity index (χ0n) is 13.6. The molecule has 0 radical (unpaired) electrons. The lowest BCUT2D eigenvalue weighted by Crippen LogP contribution is -2.34. The molecule has 0 saturated carbocycles. The summed E-state index contributed by atoms with van der Waals surface area (Å²) in [5.41, 5.74) is 1.28. The maximum Gasteiger partial charge on any atom is 0.133 e. The largest absolute Gasteiger partial charge is 0.354 e. The zero-order chi connectivity index (χ0) is 15.4. The Bertz CT molecular complexity index is 464. The molecule has 0 amide bonds. The molecule has 0 aliphatic carbocycles. The van der Waals surface area contributed by atoms with Gasteiger partial charge >= 0.3 is 0 Å². The highest BCUT2D eigenvalue weighted by Gasteiger charge is 2.32. The van der Waals surface area contributed by atoms with Crippen molar-refractivity contribution in [2.45, 2.75) is 32.9 Å². The lowest BCUT2D eigenvalue weighted by atomic mass is 10.1. The molecule has 2 rings (SSSR count). The van der Waals surface area contributed by atoms with Gasteiger partial charge in [-0.2, -0.15) is 0 Å². The Morgan fingerprint density at radius 2 is 2.19 bits per heavy atom. The average Bonchev–Trinajstić information content (AvgIpc) is 2.81. The summed E-state index contributed by atoms with van der Waals surface area (Å²) in [7, 11) is 4.34. The van der Waals surface area contributed by atoms with Crippen LogP contribution in [0.15, 0.2) is 16.7 Å². The summed E-state index contributed by atoms with van der Waals surface area (Å²) in [6.07, 6.45) is 3.06. The molecule has 4 nitrogen and oxygen atoms in total. The van der Waals surface area contributed by atoms with Crippen LogP contribution in [0.4, 0.5) is 5.82 Å². The first-order valence-corrected chi connectivity index (χ1v) is 8.58. The van der Waals surface area contributed by atoms with Crippen molar-refractivity contribution in [1.82, 2.24) is 15.2 Å². The van der Waals surface area contributed by atoms with Crippen molar-refractivity contribution in [3.8, 4) is 0 Å². The number of halogens is 1. The highest BCUT2D eigenvalue weighted by atomic mass is 79.9. The average molecular weight is 355 g/mol. The van der Waals surface area contributed by atoms with Crippen molar-refractivity contribution >= 4 is 21.7 Å². The molecular formula is C16H27BrN4. The molecule has 1 saturated heterocycles. The summed E-state index contributed by atoms with van der Waals surface area (Å²) in [5.74, 6) is 1.81.